The lowest BCUT2D eigenvalue weighted by Gasteiger charge is -2.09. The summed E-state index contributed by atoms with van der Waals surface area (Å²) in [4.78, 5) is 17.0. The van der Waals surface area contributed by atoms with Crippen LogP contribution >= 0.6 is 0 Å². The average molecular weight is 394 g/mol. The van der Waals surface area contributed by atoms with Crippen LogP contribution in [0.3, 0.4) is 0 Å². The van der Waals surface area contributed by atoms with Gasteiger partial charge in [0, 0.05) is 18.2 Å². The molecule has 0 bridgehead atoms. The van der Waals surface area contributed by atoms with Crippen molar-refractivity contribution in [1.29, 1.82) is 0 Å². The number of carbonyl (C=O) groups excluding carboxylic acids is 1. The molecule has 3 aromatic rings. The maximum Gasteiger partial charge on any atom is 0.252 e. The molecule has 152 valence electrons. The van der Waals surface area contributed by atoms with Crippen LogP contribution in [0, 0.1) is 0 Å². The van der Waals surface area contributed by atoms with E-state index in [4.69, 9.17) is 13.9 Å². The number of unbranched alkanes of at least 4 members (excludes halogenated alkanes) is 2. The number of hydrogen-bond donors (Lipinski definition) is 1. The number of oxazole rings is 1. The topological polar surface area (TPSA) is 73.6 Å². The molecule has 0 spiro atoms. The second-order valence-corrected chi connectivity index (χ2v) is 6.60. The Morgan fingerprint density at radius 1 is 1.07 bits per heavy atom. The summed E-state index contributed by atoms with van der Waals surface area (Å²) < 4.78 is 16.7. The van der Waals surface area contributed by atoms with Crippen molar-refractivity contribution in [3.05, 3.63) is 54.2 Å². The highest BCUT2D eigenvalue weighted by Gasteiger charge is 2.18. The zero-order valence-electron chi connectivity index (χ0n) is 17.0. The number of nitrogens with one attached hydrogen (secondary N) is 1. The first kappa shape index (κ1) is 20.5. The van der Waals surface area contributed by atoms with Crippen molar-refractivity contribution in [3.8, 4) is 34.3 Å². The number of aromatic nitrogens is 1. The highest BCUT2D eigenvalue weighted by Crippen LogP contribution is 2.35. The molecular weight excluding hydrogens is 368 g/mol. The molecule has 6 heteroatoms. The molecule has 2 aromatic carbocycles. The fourth-order valence-corrected chi connectivity index (χ4v) is 3.06. The van der Waals surface area contributed by atoms with Crippen LogP contribution in [0.15, 0.2) is 53.1 Å². The summed E-state index contributed by atoms with van der Waals surface area (Å²) in [7, 11) is 3.19. The molecule has 1 N–H and O–H groups in total. The summed E-state index contributed by atoms with van der Waals surface area (Å²) in [6.07, 6.45) is 4.80. The van der Waals surface area contributed by atoms with E-state index in [1.54, 1.807) is 32.5 Å². The summed E-state index contributed by atoms with van der Waals surface area (Å²) in [5.74, 6) is 2.12. The Balaban J connectivity index is 1.87. The van der Waals surface area contributed by atoms with E-state index in [-0.39, 0.29) is 5.91 Å². The summed E-state index contributed by atoms with van der Waals surface area (Å²) >= 11 is 0. The molecule has 0 aliphatic heterocycles. The van der Waals surface area contributed by atoms with Crippen LogP contribution in [0.1, 0.15) is 36.5 Å². The fraction of sp³-hybridized carbons (Fsp3) is 0.304. The van der Waals surface area contributed by atoms with Gasteiger partial charge >= 0.3 is 0 Å². The first-order valence-electron chi connectivity index (χ1n) is 9.73. The molecule has 0 atom stereocenters. The van der Waals surface area contributed by atoms with Crippen LogP contribution in [-0.2, 0) is 0 Å². The molecule has 1 aromatic heterocycles. The van der Waals surface area contributed by atoms with Crippen LogP contribution in [-0.4, -0.2) is 31.7 Å². The van der Waals surface area contributed by atoms with E-state index in [2.05, 4.69) is 17.2 Å². The standard InChI is InChI=1S/C23H26N2O4/c1-4-5-8-13-24-22(26)17-9-6-7-10-18(17)23-25-15-21(29-23)19-12-11-16(27-2)14-20(19)28-3/h6-7,9-12,14-15H,4-5,8,13H2,1-3H3,(H,24,26). The smallest absolute Gasteiger partial charge is 0.252 e. The molecule has 0 unspecified atom stereocenters. The fourth-order valence-electron chi connectivity index (χ4n) is 3.06. The quantitative estimate of drug-likeness (QED) is 0.520. The Kier molecular flexibility index (Phi) is 6.89. The normalized spacial score (nSPS) is 10.6. The van der Waals surface area contributed by atoms with E-state index in [0.29, 0.717) is 40.8 Å². The SMILES string of the molecule is CCCCCNC(=O)c1ccccc1-c1ncc(-c2ccc(OC)cc2OC)o1. The zero-order chi connectivity index (χ0) is 20.6. The van der Waals surface area contributed by atoms with Crippen molar-refractivity contribution in [2.75, 3.05) is 20.8 Å². The Bertz CT molecular complexity index is 965. The number of rotatable bonds is 9. The highest BCUT2D eigenvalue weighted by molar-refractivity contribution is 6.00. The molecule has 0 saturated heterocycles. The molecule has 0 saturated carbocycles. The third-order valence-electron chi connectivity index (χ3n) is 4.65. The van der Waals surface area contributed by atoms with Gasteiger partial charge in [-0.1, -0.05) is 31.9 Å². The van der Waals surface area contributed by atoms with Gasteiger partial charge in [0.1, 0.15) is 11.5 Å². The lowest BCUT2D eigenvalue weighted by molar-refractivity contribution is 0.0953. The van der Waals surface area contributed by atoms with Crippen molar-refractivity contribution >= 4 is 5.91 Å². The van der Waals surface area contributed by atoms with Gasteiger partial charge in [-0.15, -0.1) is 0 Å². The lowest BCUT2D eigenvalue weighted by Crippen LogP contribution is -2.25. The van der Waals surface area contributed by atoms with Crippen LogP contribution in [0.25, 0.3) is 22.8 Å². The Morgan fingerprint density at radius 3 is 2.66 bits per heavy atom. The van der Waals surface area contributed by atoms with E-state index in [1.807, 2.05) is 30.3 Å². The zero-order valence-corrected chi connectivity index (χ0v) is 17.0. The van der Waals surface area contributed by atoms with Crippen LogP contribution in [0.5, 0.6) is 11.5 Å². The largest absolute Gasteiger partial charge is 0.497 e. The molecular formula is C23H26N2O4. The van der Waals surface area contributed by atoms with Crippen LogP contribution < -0.4 is 14.8 Å². The van der Waals surface area contributed by atoms with Crippen molar-refractivity contribution in [3.63, 3.8) is 0 Å². The summed E-state index contributed by atoms with van der Waals surface area (Å²) in [5.41, 5.74) is 1.95. The monoisotopic (exact) mass is 394 g/mol. The molecule has 1 heterocycles. The predicted octanol–water partition coefficient (Wildman–Crippen LogP) is 4.95. The minimum absolute atomic E-state index is 0.126. The van der Waals surface area contributed by atoms with E-state index in [1.165, 1.54) is 0 Å². The molecule has 0 aliphatic carbocycles. The second-order valence-electron chi connectivity index (χ2n) is 6.60. The highest BCUT2D eigenvalue weighted by atomic mass is 16.5. The van der Waals surface area contributed by atoms with Crippen molar-refractivity contribution in [2.45, 2.75) is 26.2 Å². The molecule has 0 aliphatic rings. The van der Waals surface area contributed by atoms with Gasteiger partial charge in [-0.05, 0) is 30.7 Å². The second kappa shape index (κ2) is 9.78. The molecule has 29 heavy (non-hydrogen) atoms. The molecule has 3 rings (SSSR count). The van der Waals surface area contributed by atoms with Gasteiger partial charge < -0.3 is 19.2 Å². The van der Waals surface area contributed by atoms with Gasteiger partial charge in [0.05, 0.1) is 31.5 Å². The number of hydrogen-bond acceptors (Lipinski definition) is 5. The first-order chi connectivity index (χ1) is 14.2. The van der Waals surface area contributed by atoms with Crippen molar-refractivity contribution in [2.24, 2.45) is 0 Å². The minimum Gasteiger partial charge on any atom is -0.497 e. The van der Waals surface area contributed by atoms with E-state index < -0.39 is 0 Å². The molecule has 0 fully saturated rings. The number of benzene rings is 2. The molecule has 0 radical (unpaired) electrons. The Hall–Kier alpha value is -3.28. The van der Waals surface area contributed by atoms with Crippen LogP contribution in [0.4, 0.5) is 0 Å². The maximum atomic E-state index is 12.6. The van der Waals surface area contributed by atoms with E-state index in [0.717, 1.165) is 24.8 Å². The van der Waals surface area contributed by atoms with E-state index in [9.17, 15) is 4.79 Å². The molecule has 6 nitrogen and oxygen atoms in total. The van der Waals surface area contributed by atoms with Crippen molar-refractivity contribution in [1.82, 2.24) is 10.3 Å². The third-order valence-corrected chi connectivity index (χ3v) is 4.65. The third kappa shape index (κ3) is 4.77. The number of carbonyl (C=O) groups is 1. The molecule has 1 amide bonds. The minimum atomic E-state index is -0.126. The summed E-state index contributed by atoms with van der Waals surface area (Å²) in [5, 5.41) is 2.97. The summed E-state index contributed by atoms with van der Waals surface area (Å²) in [6.45, 7) is 2.79. The van der Waals surface area contributed by atoms with Gasteiger partial charge in [0.2, 0.25) is 5.89 Å². The Morgan fingerprint density at radius 2 is 1.90 bits per heavy atom. The van der Waals surface area contributed by atoms with Gasteiger partial charge in [0.25, 0.3) is 5.91 Å². The number of ether oxygens (including phenoxy) is 2. The number of amides is 1. The van der Waals surface area contributed by atoms with Gasteiger partial charge in [-0.2, -0.15) is 0 Å². The summed E-state index contributed by atoms with van der Waals surface area (Å²) in [6, 6.07) is 12.8. The number of methoxy groups -OCH3 is 2. The number of nitrogens with zero attached hydrogens (tertiary/aromatic N) is 1. The van der Waals surface area contributed by atoms with Crippen molar-refractivity contribution < 1.29 is 18.7 Å². The van der Waals surface area contributed by atoms with Gasteiger partial charge in [-0.25, -0.2) is 4.98 Å². The average Bonchev–Trinajstić information content (AvgIpc) is 3.26. The van der Waals surface area contributed by atoms with Gasteiger partial charge in [-0.3, -0.25) is 4.79 Å². The van der Waals surface area contributed by atoms with E-state index >= 15 is 0 Å². The predicted molar refractivity (Wildman–Crippen MR) is 112 cm³/mol. The maximum absolute atomic E-state index is 12.6. The van der Waals surface area contributed by atoms with Crippen LogP contribution in [0.2, 0.25) is 0 Å². The first-order valence-corrected chi connectivity index (χ1v) is 9.73. The van der Waals surface area contributed by atoms with Gasteiger partial charge in [0.15, 0.2) is 5.76 Å². The Labute approximate surface area is 170 Å². The lowest BCUT2D eigenvalue weighted by atomic mass is 10.1.